The number of hydrogen-bond donors (Lipinski definition) is 2. The van der Waals surface area contributed by atoms with Crippen LogP contribution in [0.5, 0.6) is 0 Å². The third-order valence-electron chi connectivity index (χ3n) is 5.94. The summed E-state index contributed by atoms with van der Waals surface area (Å²) < 4.78 is 0. The molecule has 0 radical (unpaired) electrons. The van der Waals surface area contributed by atoms with Crippen molar-refractivity contribution in [3.63, 3.8) is 0 Å². The van der Waals surface area contributed by atoms with Crippen molar-refractivity contribution in [1.29, 1.82) is 0 Å². The smallest absolute Gasteiger partial charge is 0.253 e. The van der Waals surface area contributed by atoms with Gasteiger partial charge in [0.2, 0.25) is 11.9 Å². The van der Waals surface area contributed by atoms with Gasteiger partial charge in [0, 0.05) is 48.8 Å². The predicted molar refractivity (Wildman–Crippen MR) is 119 cm³/mol. The number of nitrogens with zero attached hydrogens (tertiary/aromatic N) is 4. The van der Waals surface area contributed by atoms with Crippen LogP contribution in [0.15, 0.2) is 30.3 Å². The molecule has 2 N–H and O–H groups in total. The topological polar surface area (TPSA) is 90.5 Å². The zero-order valence-corrected chi connectivity index (χ0v) is 18.4. The summed E-state index contributed by atoms with van der Waals surface area (Å²) in [5.41, 5.74) is 3.11. The number of anilines is 2. The molecule has 2 aliphatic rings. The summed E-state index contributed by atoms with van der Waals surface area (Å²) in [5, 5.41) is 6.23. The molecule has 1 unspecified atom stereocenters. The summed E-state index contributed by atoms with van der Waals surface area (Å²) in [6.45, 7) is 7.62. The van der Waals surface area contributed by atoms with E-state index in [-0.39, 0.29) is 17.7 Å². The molecule has 2 fully saturated rings. The lowest BCUT2D eigenvalue weighted by Crippen LogP contribution is -2.56. The van der Waals surface area contributed by atoms with Gasteiger partial charge in [-0.2, -0.15) is 0 Å². The maximum atomic E-state index is 12.8. The van der Waals surface area contributed by atoms with Gasteiger partial charge in [-0.05, 0) is 64.0 Å². The lowest BCUT2D eigenvalue weighted by atomic mass is 9.97. The summed E-state index contributed by atoms with van der Waals surface area (Å²) >= 11 is 0. The highest BCUT2D eigenvalue weighted by atomic mass is 16.2. The summed E-state index contributed by atoms with van der Waals surface area (Å²) in [5.74, 6) is 0.917. The second-order valence-electron chi connectivity index (χ2n) is 8.75. The van der Waals surface area contributed by atoms with Crippen LogP contribution >= 0.6 is 0 Å². The Hall–Kier alpha value is -3.00. The normalized spacial score (nSPS) is 19.2. The molecule has 4 rings (SSSR count). The van der Waals surface area contributed by atoms with Crippen LogP contribution < -0.4 is 10.6 Å². The van der Waals surface area contributed by atoms with Crippen molar-refractivity contribution in [1.82, 2.24) is 25.1 Å². The molecule has 3 heterocycles. The van der Waals surface area contributed by atoms with Crippen LogP contribution in [0.2, 0.25) is 0 Å². The van der Waals surface area contributed by atoms with Crippen molar-refractivity contribution in [2.45, 2.75) is 20.3 Å². The van der Waals surface area contributed by atoms with Crippen molar-refractivity contribution < 1.29 is 9.59 Å². The van der Waals surface area contributed by atoms with Crippen LogP contribution in [0, 0.1) is 25.7 Å². The lowest BCUT2D eigenvalue weighted by molar-refractivity contribution is -0.129. The maximum Gasteiger partial charge on any atom is 0.253 e. The molecule has 1 aromatic carbocycles. The quantitative estimate of drug-likeness (QED) is 0.740. The Bertz CT molecular complexity index is 952. The Morgan fingerprint density at radius 3 is 2.52 bits per heavy atom. The zero-order chi connectivity index (χ0) is 22.0. The van der Waals surface area contributed by atoms with E-state index in [9.17, 15) is 9.59 Å². The van der Waals surface area contributed by atoms with Crippen LogP contribution in [-0.4, -0.2) is 71.4 Å². The molecule has 1 atom stereocenters. The van der Waals surface area contributed by atoms with Crippen molar-refractivity contribution in [3.8, 4) is 0 Å². The van der Waals surface area contributed by atoms with E-state index in [1.165, 1.54) is 0 Å². The number of amides is 2. The molecule has 0 aliphatic carbocycles. The number of rotatable bonds is 6. The summed E-state index contributed by atoms with van der Waals surface area (Å²) in [7, 11) is 2.11. The largest absolute Gasteiger partial charge is 0.355 e. The van der Waals surface area contributed by atoms with Gasteiger partial charge in [0.15, 0.2) is 0 Å². The third-order valence-corrected chi connectivity index (χ3v) is 5.94. The Morgan fingerprint density at radius 1 is 1.10 bits per heavy atom. The number of benzene rings is 1. The second-order valence-corrected chi connectivity index (χ2v) is 8.75. The Balaban J connectivity index is 1.29. The maximum absolute atomic E-state index is 12.8. The number of carbonyl (C=O) groups is 2. The molecule has 0 bridgehead atoms. The van der Waals surface area contributed by atoms with Gasteiger partial charge in [0.1, 0.15) is 0 Å². The number of aromatic nitrogens is 2. The van der Waals surface area contributed by atoms with Crippen molar-refractivity contribution >= 4 is 23.5 Å². The molecule has 2 amide bonds. The van der Waals surface area contributed by atoms with Gasteiger partial charge in [0.25, 0.3) is 5.91 Å². The fourth-order valence-corrected chi connectivity index (χ4v) is 4.22. The highest BCUT2D eigenvalue weighted by Gasteiger charge is 2.36. The minimum Gasteiger partial charge on any atom is -0.355 e. The van der Waals surface area contributed by atoms with Crippen LogP contribution in [0.1, 0.15) is 28.2 Å². The number of aryl methyl sites for hydroxylation is 2. The monoisotopic (exact) mass is 422 g/mol. The van der Waals surface area contributed by atoms with E-state index in [1.807, 2.05) is 32.0 Å². The number of likely N-dealkylation sites (tertiary alicyclic amines) is 2. The molecule has 1 aromatic heterocycles. The van der Waals surface area contributed by atoms with E-state index >= 15 is 0 Å². The fourth-order valence-electron chi connectivity index (χ4n) is 4.22. The first kappa shape index (κ1) is 21.2. The third kappa shape index (κ3) is 5.19. The Labute approximate surface area is 183 Å². The first-order valence-corrected chi connectivity index (χ1v) is 10.8. The van der Waals surface area contributed by atoms with Gasteiger partial charge < -0.3 is 20.4 Å². The molecule has 2 aliphatic heterocycles. The fraction of sp³-hybridized carbons (Fsp3) is 0.478. The predicted octanol–water partition coefficient (Wildman–Crippen LogP) is 1.98. The number of carbonyl (C=O) groups excluding carboxylic acids is 2. The van der Waals surface area contributed by atoms with Crippen molar-refractivity contribution in [3.05, 3.63) is 47.3 Å². The standard InChI is InChI=1S/C23H30N6O2/c1-15-9-16(2)26-23(25-15)27-20-6-4-5-18(10-20)22(31)29-13-19(14-29)21(30)24-11-17-7-8-28(3)12-17/h4-6,9-10,17,19H,7-8,11-14H2,1-3H3,(H,24,30)(H,25,26,27). The van der Waals surface area contributed by atoms with E-state index in [4.69, 9.17) is 0 Å². The van der Waals surface area contributed by atoms with Crippen LogP contribution in [0.3, 0.4) is 0 Å². The molecule has 2 aromatic rings. The minimum absolute atomic E-state index is 0.0565. The van der Waals surface area contributed by atoms with Gasteiger partial charge in [-0.3, -0.25) is 9.59 Å². The highest BCUT2D eigenvalue weighted by molar-refractivity contribution is 5.97. The van der Waals surface area contributed by atoms with Crippen LogP contribution in [-0.2, 0) is 4.79 Å². The molecular formula is C23H30N6O2. The molecule has 2 saturated heterocycles. The summed E-state index contributed by atoms with van der Waals surface area (Å²) in [4.78, 5) is 38.0. The van der Waals surface area contributed by atoms with Gasteiger partial charge in [-0.25, -0.2) is 9.97 Å². The summed E-state index contributed by atoms with van der Waals surface area (Å²) in [6, 6.07) is 9.21. The van der Waals surface area contributed by atoms with Crippen LogP contribution in [0.4, 0.5) is 11.6 Å². The molecule has 8 nitrogen and oxygen atoms in total. The van der Waals surface area contributed by atoms with E-state index < -0.39 is 0 Å². The molecule has 8 heteroatoms. The SMILES string of the molecule is Cc1cc(C)nc(Nc2cccc(C(=O)N3CC(C(=O)NCC4CCN(C)C4)C3)c2)n1. The first-order valence-electron chi connectivity index (χ1n) is 10.8. The van der Waals surface area contributed by atoms with E-state index in [0.29, 0.717) is 30.5 Å². The van der Waals surface area contributed by atoms with Gasteiger partial charge in [0.05, 0.1) is 5.92 Å². The average molecular weight is 423 g/mol. The lowest BCUT2D eigenvalue weighted by Gasteiger charge is -2.38. The number of hydrogen-bond acceptors (Lipinski definition) is 6. The van der Waals surface area contributed by atoms with Crippen molar-refractivity contribution in [2.24, 2.45) is 11.8 Å². The Kier molecular flexibility index (Phi) is 6.18. The molecular weight excluding hydrogens is 392 g/mol. The number of nitrogens with one attached hydrogen (secondary N) is 2. The Morgan fingerprint density at radius 2 is 1.84 bits per heavy atom. The van der Waals surface area contributed by atoms with Gasteiger partial charge in [-0.1, -0.05) is 6.07 Å². The van der Waals surface area contributed by atoms with Crippen LogP contribution in [0.25, 0.3) is 0 Å². The highest BCUT2D eigenvalue weighted by Crippen LogP contribution is 2.22. The zero-order valence-electron chi connectivity index (χ0n) is 18.4. The molecule has 164 valence electrons. The van der Waals surface area contributed by atoms with E-state index in [1.54, 1.807) is 17.0 Å². The average Bonchev–Trinajstić information content (AvgIpc) is 3.10. The molecule has 31 heavy (non-hydrogen) atoms. The molecule has 0 saturated carbocycles. The van der Waals surface area contributed by atoms with Crippen molar-refractivity contribution in [2.75, 3.05) is 45.1 Å². The minimum atomic E-state index is -0.118. The summed E-state index contributed by atoms with van der Waals surface area (Å²) in [6.07, 6.45) is 1.13. The second kappa shape index (κ2) is 9.01. The van der Waals surface area contributed by atoms with E-state index in [2.05, 4.69) is 32.5 Å². The van der Waals surface area contributed by atoms with Gasteiger partial charge >= 0.3 is 0 Å². The van der Waals surface area contributed by atoms with Gasteiger partial charge in [-0.15, -0.1) is 0 Å². The molecule has 0 spiro atoms. The van der Waals surface area contributed by atoms with E-state index in [0.717, 1.165) is 43.1 Å². The first-order chi connectivity index (χ1) is 14.9.